The third-order valence-electron chi connectivity index (χ3n) is 0. The van der Waals surface area contributed by atoms with Crippen LogP contribution in [0.1, 0.15) is 0 Å². The number of hydrogen-bond acceptors (Lipinski definition) is 12. The standard InChI is InChI=1S/2Bi.2Fe.3Mo.2Ni.12O/q;;2*+3;;;;;;;;;;;;6*-1. The average molecular weight is 1130 g/mol. The molecule has 0 N–H and O–H groups in total. The van der Waals surface area contributed by atoms with E-state index >= 15 is 0 Å². The van der Waals surface area contributed by atoms with Crippen LogP contribution in [0, 0.1) is 0 Å². The van der Waals surface area contributed by atoms with Crippen LogP contribution in [0.5, 0.6) is 0 Å². The second kappa shape index (κ2) is 26.6. The third-order valence-corrected chi connectivity index (χ3v) is 0. The SMILES string of the molecule is [Bi].[Bi].[Fe+3].[Fe+3].[Ni].[Ni].[O]=[Mo](=[O])([O-])[O-].[O]=[Mo](=[O])([O-])[O-].[O]=[Mo](=[O])([O-])[O-]. The molecule has 0 aliphatic rings. The molecule has 21 heteroatoms. The molecule has 0 aromatic carbocycles. The minimum absolute atomic E-state index is 0. The Bertz CT molecular complexity index is 359. The van der Waals surface area contributed by atoms with Gasteiger partial charge >= 0.3 is 127 Å². The van der Waals surface area contributed by atoms with Crippen LogP contribution in [0.15, 0.2) is 0 Å². The Hall–Kier alpha value is 4.42. The van der Waals surface area contributed by atoms with Gasteiger partial charge in [-0.15, -0.1) is 0 Å². The fourth-order valence-electron chi connectivity index (χ4n) is 0. The Kier molecular flexibility index (Phi) is 71.3. The molecule has 21 heavy (non-hydrogen) atoms. The van der Waals surface area contributed by atoms with Crippen LogP contribution in [-0.2, 0) is 138 Å². The van der Waals surface area contributed by atoms with Gasteiger partial charge in [0.25, 0.3) is 0 Å². The van der Waals surface area contributed by atoms with Crippen molar-refractivity contribution in [3.05, 3.63) is 0 Å². The summed E-state index contributed by atoms with van der Waals surface area (Å²) in [6.45, 7) is 0. The number of rotatable bonds is 0. The van der Waals surface area contributed by atoms with Crippen molar-refractivity contribution in [2.45, 2.75) is 0 Å². The molecule has 12 nitrogen and oxygen atoms in total. The van der Waals surface area contributed by atoms with Crippen LogP contribution < -0.4 is 22.6 Å². The monoisotopic (exact) mass is 1130 g/mol. The van der Waals surface area contributed by atoms with Crippen LogP contribution in [0.2, 0.25) is 0 Å². The Labute approximate surface area is 208 Å². The summed E-state index contributed by atoms with van der Waals surface area (Å²) >= 11 is -18.1. The van der Waals surface area contributed by atoms with Crippen LogP contribution in [0.25, 0.3) is 0 Å². The van der Waals surface area contributed by atoms with Crippen molar-refractivity contribution in [3.63, 3.8) is 0 Å². The van der Waals surface area contributed by atoms with Crippen LogP contribution in [0.4, 0.5) is 0 Å². The van der Waals surface area contributed by atoms with E-state index in [0.29, 0.717) is 0 Å². The molecule has 0 spiro atoms. The molecular formula is Bi2Fe2Mo3Ni2O12. The zero-order valence-electron chi connectivity index (χ0n) is 8.36. The second-order valence-electron chi connectivity index (χ2n) is 1.22. The predicted octanol–water partition coefficient (Wildman–Crippen LogP) is -8.63. The molecule has 0 aliphatic heterocycles. The third kappa shape index (κ3) is 629. The van der Waals surface area contributed by atoms with Crippen molar-refractivity contribution >= 4 is 52.4 Å². The van der Waals surface area contributed by atoms with Gasteiger partial charge in [-0.2, -0.15) is 0 Å². The summed E-state index contributed by atoms with van der Waals surface area (Å²) in [5.41, 5.74) is 0. The fourth-order valence-corrected chi connectivity index (χ4v) is 0. The molecule has 0 aromatic heterocycles. The maximum atomic E-state index is 8.63. The van der Waals surface area contributed by atoms with Crippen LogP contribution in [0.3, 0.4) is 0 Å². The Morgan fingerprint density at radius 1 is 0.429 bits per heavy atom. The Morgan fingerprint density at radius 3 is 0.429 bits per heavy atom. The van der Waals surface area contributed by atoms with E-state index in [1.165, 1.54) is 0 Å². The summed E-state index contributed by atoms with van der Waals surface area (Å²) in [5.74, 6) is 0. The first-order valence-electron chi connectivity index (χ1n) is 2.00. The summed E-state index contributed by atoms with van der Waals surface area (Å²) in [4.78, 5) is 0. The van der Waals surface area contributed by atoms with E-state index in [2.05, 4.69) is 0 Å². The molecule has 136 valence electrons. The molecule has 0 aromatic rings. The predicted molar refractivity (Wildman–Crippen MR) is 15.6 cm³/mol. The first kappa shape index (κ1) is 56.2. The molecule has 0 unspecified atom stereocenters. The van der Waals surface area contributed by atoms with E-state index in [1.807, 2.05) is 0 Å². The van der Waals surface area contributed by atoms with Gasteiger partial charge in [-0.25, -0.2) is 0 Å². The molecule has 0 amide bonds. The molecule has 0 fully saturated rings. The molecule has 0 aliphatic carbocycles. The molecule has 0 saturated heterocycles. The average Bonchev–Trinajstić information content (AvgIpc) is 1.41. The zero-order chi connectivity index (χ0) is 13.5. The van der Waals surface area contributed by atoms with Gasteiger partial charge in [-0.3, -0.25) is 0 Å². The normalized spacial score (nSPS) is 8.29. The maximum absolute atomic E-state index is 8.63. The summed E-state index contributed by atoms with van der Waals surface area (Å²) in [6, 6.07) is 0. The molecule has 0 saturated carbocycles. The summed E-state index contributed by atoms with van der Waals surface area (Å²) in [6.07, 6.45) is 0. The molecule has 0 bridgehead atoms. The summed E-state index contributed by atoms with van der Waals surface area (Å²) < 4.78 is 104. The van der Waals surface area contributed by atoms with E-state index < -0.39 is 50.2 Å². The van der Waals surface area contributed by atoms with E-state index in [1.54, 1.807) is 0 Å². The quantitative estimate of drug-likeness (QED) is 0.206. The molecule has 0 heterocycles. The van der Waals surface area contributed by atoms with E-state index in [9.17, 15) is 0 Å². The van der Waals surface area contributed by atoms with Crippen molar-refractivity contribution in [3.8, 4) is 0 Å². The van der Waals surface area contributed by atoms with Gasteiger partial charge in [0.15, 0.2) is 0 Å². The van der Waals surface area contributed by atoms with E-state index in [0.717, 1.165) is 0 Å². The first-order valence-corrected chi connectivity index (χ1v) is 11.8. The van der Waals surface area contributed by atoms with Crippen molar-refractivity contribution < 1.29 is 160 Å². The molecule has 0 rings (SSSR count). The van der Waals surface area contributed by atoms with Crippen molar-refractivity contribution in [2.24, 2.45) is 0 Å². The van der Waals surface area contributed by atoms with E-state index in [-0.39, 0.29) is 120 Å². The number of hydrogen-bond donors (Lipinski definition) is 0. The van der Waals surface area contributed by atoms with Gasteiger partial charge < -0.3 is 0 Å². The van der Waals surface area contributed by atoms with Crippen molar-refractivity contribution in [1.29, 1.82) is 0 Å². The Morgan fingerprint density at radius 2 is 0.429 bits per heavy atom. The summed E-state index contributed by atoms with van der Waals surface area (Å²) in [7, 11) is 0. The molecule has 0 atom stereocenters. The van der Waals surface area contributed by atoms with Gasteiger partial charge in [0, 0.05) is 85.4 Å². The second-order valence-corrected chi connectivity index (χ2v) is 7.25. The fraction of sp³-hybridized carbons (Fsp3) is 0. The van der Waals surface area contributed by atoms with Gasteiger partial charge in [-0.1, -0.05) is 0 Å². The summed E-state index contributed by atoms with van der Waals surface area (Å²) in [5, 5.41) is 0. The first-order chi connectivity index (χ1) is 6.00. The van der Waals surface area contributed by atoms with Crippen LogP contribution in [-0.4, -0.2) is 52.4 Å². The Balaban J connectivity index is -0.0000000129. The van der Waals surface area contributed by atoms with Gasteiger partial charge in [0.05, 0.1) is 0 Å². The van der Waals surface area contributed by atoms with Crippen LogP contribution >= 0.6 is 0 Å². The molecule has 8 radical (unpaired) electrons. The van der Waals surface area contributed by atoms with E-state index in [4.69, 9.17) is 42.9 Å². The van der Waals surface area contributed by atoms with Crippen molar-refractivity contribution in [1.82, 2.24) is 0 Å². The zero-order valence-corrected chi connectivity index (χ0v) is 25.5. The molecular weight excluding hydrogens is 1130 g/mol. The van der Waals surface area contributed by atoms with Gasteiger partial charge in [0.2, 0.25) is 0 Å². The van der Waals surface area contributed by atoms with Gasteiger partial charge in [0.1, 0.15) is 0 Å². The topological polar surface area (TPSA) is 241 Å². The van der Waals surface area contributed by atoms with Gasteiger partial charge in [-0.05, 0) is 0 Å². The van der Waals surface area contributed by atoms with Crippen molar-refractivity contribution in [2.75, 3.05) is 0 Å². The minimum atomic E-state index is -6.02.